The Morgan fingerprint density at radius 1 is 0.818 bits per heavy atom. The third-order valence-electron chi connectivity index (χ3n) is 6.87. The van der Waals surface area contributed by atoms with Crippen LogP contribution in [0.2, 0.25) is 0 Å². The van der Waals surface area contributed by atoms with Crippen LogP contribution in [0.3, 0.4) is 0 Å². The van der Waals surface area contributed by atoms with Gasteiger partial charge in [0.15, 0.2) is 0 Å². The van der Waals surface area contributed by atoms with Crippen molar-refractivity contribution >= 4 is 22.1 Å². The number of ether oxygens (including phenoxy) is 2. The van der Waals surface area contributed by atoms with Crippen LogP contribution in [0.5, 0.6) is 0 Å². The van der Waals surface area contributed by atoms with Gasteiger partial charge >= 0.3 is 29.9 Å². The van der Waals surface area contributed by atoms with Gasteiger partial charge in [-0.1, -0.05) is 6.42 Å². The molecule has 33 heavy (non-hydrogen) atoms. The maximum Gasteiger partial charge on any atom is 0.438 e. The molecule has 4 atom stereocenters. The third-order valence-corrected chi connectivity index (χ3v) is 7.63. The summed E-state index contributed by atoms with van der Waals surface area (Å²) in [6.07, 6.45) is -8.75. The van der Waals surface area contributed by atoms with Gasteiger partial charge < -0.3 is 14.0 Å². The van der Waals surface area contributed by atoms with E-state index >= 15 is 0 Å². The van der Waals surface area contributed by atoms with E-state index < -0.39 is 75.5 Å². The number of fused-ring (bicyclic) bond motifs is 2. The largest absolute Gasteiger partial charge is 0.748 e. The molecule has 0 aromatic carbocycles. The van der Waals surface area contributed by atoms with E-state index in [9.17, 15) is 48.9 Å². The van der Waals surface area contributed by atoms with Gasteiger partial charge in [0.25, 0.3) is 0 Å². The van der Waals surface area contributed by atoms with E-state index in [2.05, 4.69) is 4.74 Å². The van der Waals surface area contributed by atoms with Gasteiger partial charge in [0.1, 0.15) is 6.10 Å². The minimum atomic E-state index is -6.45. The molecule has 3 aliphatic carbocycles. The molecule has 0 aliphatic heterocycles. The molecule has 2 bridgehead atoms. The minimum absolute atomic E-state index is 0.217. The fraction of sp³-hybridized carbons (Fsp3) is 0.895. The highest BCUT2D eigenvalue weighted by Crippen LogP contribution is 2.55. The fourth-order valence-corrected chi connectivity index (χ4v) is 6.24. The highest BCUT2D eigenvalue weighted by atomic mass is 32.2. The molecule has 7 nitrogen and oxygen atoms in total. The SMILES string of the molecule is O=C(OC1CCCCC1)C1C2CCC(C2)C1C(=O)OC(CS(=O)(=O)[O-])(C(F)(F)F)C(F)(F)F. The molecule has 190 valence electrons. The van der Waals surface area contributed by atoms with E-state index in [1.54, 1.807) is 0 Å². The van der Waals surface area contributed by atoms with Crippen molar-refractivity contribution in [3.63, 3.8) is 0 Å². The van der Waals surface area contributed by atoms with Crippen molar-refractivity contribution in [2.24, 2.45) is 23.7 Å². The molecular weight excluding hydrogens is 486 g/mol. The molecule has 0 radical (unpaired) electrons. The molecule has 3 aliphatic rings. The Labute approximate surface area is 185 Å². The van der Waals surface area contributed by atoms with E-state index in [1.807, 2.05) is 0 Å². The van der Waals surface area contributed by atoms with Gasteiger partial charge in [-0.15, -0.1) is 0 Å². The highest BCUT2D eigenvalue weighted by Gasteiger charge is 2.75. The maximum absolute atomic E-state index is 13.5. The monoisotopic (exact) mass is 509 g/mol. The second-order valence-electron chi connectivity index (χ2n) is 9.03. The van der Waals surface area contributed by atoms with E-state index in [0.29, 0.717) is 19.3 Å². The van der Waals surface area contributed by atoms with Crippen LogP contribution in [0.1, 0.15) is 51.4 Å². The lowest BCUT2D eigenvalue weighted by Crippen LogP contribution is -2.64. The van der Waals surface area contributed by atoms with Crippen molar-refractivity contribution in [1.29, 1.82) is 0 Å². The third kappa shape index (κ3) is 5.25. The van der Waals surface area contributed by atoms with Gasteiger partial charge in [0.05, 0.1) is 27.7 Å². The average Bonchev–Trinajstić information content (AvgIpc) is 3.26. The molecule has 3 saturated carbocycles. The number of hydrogen-bond acceptors (Lipinski definition) is 7. The van der Waals surface area contributed by atoms with Crippen molar-refractivity contribution in [1.82, 2.24) is 0 Å². The normalized spacial score (nSPS) is 29.2. The van der Waals surface area contributed by atoms with Crippen LogP contribution in [0.4, 0.5) is 26.3 Å². The lowest BCUT2D eigenvalue weighted by molar-refractivity contribution is -0.362. The van der Waals surface area contributed by atoms with Crippen LogP contribution in [-0.2, 0) is 29.2 Å². The zero-order chi connectivity index (χ0) is 24.8. The Morgan fingerprint density at radius 2 is 1.30 bits per heavy atom. The zero-order valence-corrected chi connectivity index (χ0v) is 18.1. The summed E-state index contributed by atoms with van der Waals surface area (Å²) in [5.74, 6) is -10.1. The Bertz CT molecular complexity index is 849. The Morgan fingerprint density at radius 3 is 1.76 bits per heavy atom. The summed E-state index contributed by atoms with van der Waals surface area (Å²) in [7, 11) is -6.14. The number of carbonyl (C=O) groups is 2. The smallest absolute Gasteiger partial charge is 0.438 e. The van der Waals surface area contributed by atoms with Crippen molar-refractivity contribution in [2.75, 3.05) is 5.75 Å². The van der Waals surface area contributed by atoms with Gasteiger partial charge in [-0.2, -0.15) is 26.3 Å². The molecule has 0 N–H and O–H groups in total. The summed E-state index contributed by atoms with van der Waals surface area (Å²) >= 11 is 0. The zero-order valence-electron chi connectivity index (χ0n) is 17.3. The molecule has 0 spiro atoms. The molecule has 0 heterocycles. The standard InChI is InChI=1S/C19H24F6O7S/c20-18(21,22)17(19(23,24)25,9-33(28,29)30)32-16(27)14-11-7-6-10(8-11)13(14)15(26)31-12-4-2-1-3-5-12/h10-14H,1-9H2,(H,28,29,30)/p-1. The molecular formula is C19H23F6O7S-. The lowest BCUT2D eigenvalue weighted by atomic mass is 9.79. The summed E-state index contributed by atoms with van der Waals surface area (Å²) in [5.41, 5.74) is -5.54. The quantitative estimate of drug-likeness (QED) is 0.306. The van der Waals surface area contributed by atoms with Gasteiger partial charge in [0.2, 0.25) is 0 Å². The second kappa shape index (κ2) is 8.90. The molecule has 3 fully saturated rings. The predicted molar refractivity (Wildman–Crippen MR) is 96.3 cm³/mol. The molecule has 0 amide bonds. The fourth-order valence-electron chi connectivity index (χ4n) is 5.35. The Balaban J connectivity index is 1.89. The first-order valence-electron chi connectivity index (χ1n) is 10.6. The van der Waals surface area contributed by atoms with Crippen LogP contribution >= 0.6 is 0 Å². The second-order valence-corrected chi connectivity index (χ2v) is 10.4. The van der Waals surface area contributed by atoms with Crippen LogP contribution < -0.4 is 0 Å². The Kier molecular flexibility index (Phi) is 7.02. The summed E-state index contributed by atoms with van der Waals surface area (Å²) in [5, 5.41) is 0. The van der Waals surface area contributed by atoms with Crippen LogP contribution in [-0.4, -0.2) is 54.7 Å². The maximum atomic E-state index is 13.5. The topological polar surface area (TPSA) is 110 Å². The number of esters is 2. The number of alkyl halides is 6. The van der Waals surface area contributed by atoms with E-state index in [4.69, 9.17) is 4.74 Å². The van der Waals surface area contributed by atoms with Crippen LogP contribution in [0.15, 0.2) is 0 Å². The van der Waals surface area contributed by atoms with Gasteiger partial charge in [-0.3, -0.25) is 9.59 Å². The number of rotatable bonds is 6. The summed E-state index contributed by atoms with van der Waals surface area (Å²) in [6, 6.07) is 0. The molecule has 3 rings (SSSR count). The van der Waals surface area contributed by atoms with Crippen LogP contribution in [0, 0.1) is 23.7 Å². The van der Waals surface area contributed by atoms with Gasteiger partial charge in [-0.05, 0) is 56.8 Å². The van der Waals surface area contributed by atoms with Crippen molar-refractivity contribution in [3.05, 3.63) is 0 Å². The Hall–Kier alpha value is -1.57. The minimum Gasteiger partial charge on any atom is -0.748 e. The molecule has 0 aromatic heterocycles. The first-order chi connectivity index (χ1) is 15.1. The predicted octanol–water partition coefficient (Wildman–Crippen LogP) is 3.48. The van der Waals surface area contributed by atoms with Crippen molar-refractivity contribution < 1.29 is 58.4 Å². The summed E-state index contributed by atoms with van der Waals surface area (Å²) in [6.45, 7) is 0. The number of carbonyl (C=O) groups excluding carboxylic acids is 2. The summed E-state index contributed by atoms with van der Waals surface area (Å²) < 4.78 is 123. The lowest BCUT2D eigenvalue weighted by Gasteiger charge is -2.39. The first kappa shape index (κ1) is 26.0. The summed E-state index contributed by atoms with van der Waals surface area (Å²) in [4.78, 5) is 25.5. The van der Waals surface area contributed by atoms with Gasteiger partial charge in [0, 0.05) is 0 Å². The van der Waals surface area contributed by atoms with Crippen molar-refractivity contribution in [2.45, 2.75) is 75.4 Å². The molecule has 0 saturated heterocycles. The van der Waals surface area contributed by atoms with E-state index in [0.717, 1.165) is 19.3 Å². The first-order valence-corrected chi connectivity index (χ1v) is 12.1. The van der Waals surface area contributed by atoms with Gasteiger partial charge in [-0.25, -0.2) is 8.42 Å². The number of halogens is 6. The average molecular weight is 509 g/mol. The highest BCUT2D eigenvalue weighted by molar-refractivity contribution is 7.85. The number of hydrogen-bond donors (Lipinski definition) is 0. The molecule has 4 unspecified atom stereocenters. The molecule has 14 heteroatoms. The molecule has 0 aromatic rings. The van der Waals surface area contributed by atoms with E-state index in [1.165, 1.54) is 0 Å². The van der Waals surface area contributed by atoms with E-state index in [-0.39, 0.29) is 12.8 Å². The van der Waals surface area contributed by atoms with Crippen LogP contribution in [0.25, 0.3) is 0 Å². The van der Waals surface area contributed by atoms with Crippen molar-refractivity contribution in [3.8, 4) is 0 Å².